The Bertz CT molecular complexity index is 1350. The molecule has 1 saturated heterocycles. The molecule has 2 aromatic rings. The molecule has 0 aliphatic carbocycles. The number of nitrogens with zero attached hydrogens (tertiary/aromatic N) is 2. The number of halogens is 4. The Morgan fingerprint density at radius 3 is 2.37 bits per heavy atom. The predicted molar refractivity (Wildman–Crippen MR) is 129 cm³/mol. The van der Waals surface area contributed by atoms with Gasteiger partial charge in [-0.05, 0) is 74.1 Å². The van der Waals surface area contributed by atoms with Crippen LogP contribution in [0.2, 0.25) is 0 Å². The molecular weight excluding hydrogens is 530 g/mol. The molecule has 4 rings (SSSR count). The number of hydrogen-bond donors (Lipinski definition) is 2. The third kappa shape index (κ3) is 4.96. The summed E-state index contributed by atoms with van der Waals surface area (Å²) in [6, 6.07) is 5.58. The molecule has 0 aromatic heterocycles. The monoisotopic (exact) mass is 557 g/mol. The fourth-order valence-electron chi connectivity index (χ4n) is 5.01. The van der Waals surface area contributed by atoms with E-state index in [2.05, 4.69) is 0 Å². The van der Waals surface area contributed by atoms with Crippen molar-refractivity contribution >= 4 is 27.5 Å². The molecule has 13 heteroatoms. The Balaban J connectivity index is 1.76. The maximum Gasteiger partial charge on any atom is 0.421 e. The highest BCUT2D eigenvalue weighted by atomic mass is 32.2. The van der Waals surface area contributed by atoms with Crippen molar-refractivity contribution in [3.63, 3.8) is 0 Å². The molecule has 2 aliphatic rings. The Morgan fingerprint density at radius 2 is 1.76 bits per heavy atom. The molecule has 0 spiro atoms. The molecule has 38 heavy (non-hydrogen) atoms. The number of alkyl halides is 3. The zero-order valence-electron chi connectivity index (χ0n) is 20.4. The number of sulfonamides is 1. The molecule has 8 nitrogen and oxygen atoms in total. The summed E-state index contributed by atoms with van der Waals surface area (Å²) in [6.45, 7) is 0.896. The van der Waals surface area contributed by atoms with Gasteiger partial charge in [0.15, 0.2) is 5.60 Å². The number of amides is 2. The first-order valence-electron chi connectivity index (χ1n) is 12.0. The molecule has 0 radical (unpaired) electrons. The molecule has 0 saturated carbocycles. The van der Waals surface area contributed by atoms with Crippen molar-refractivity contribution in [2.24, 2.45) is 5.73 Å². The third-order valence-electron chi connectivity index (χ3n) is 7.19. The van der Waals surface area contributed by atoms with E-state index in [9.17, 15) is 40.7 Å². The zero-order chi connectivity index (χ0) is 28.0. The van der Waals surface area contributed by atoms with E-state index >= 15 is 0 Å². The Hall–Kier alpha value is -3.19. The molecule has 2 amide bonds. The van der Waals surface area contributed by atoms with Gasteiger partial charge in [0.2, 0.25) is 11.8 Å². The molecule has 206 valence electrons. The molecule has 1 unspecified atom stereocenters. The zero-order valence-corrected chi connectivity index (χ0v) is 21.2. The summed E-state index contributed by atoms with van der Waals surface area (Å²) in [6.07, 6.45) is -4.11. The van der Waals surface area contributed by atoms with Gasteiger partial charge in [-0.2, -0.15) is 13.2 Å². The summed E-state index contributed by atoms with van der Waals surface area (Å²) in [5.74, 6) is -1.80. The van der Waals surface area contributed by atoms with E-state index in [0.29, 0.717) is 19.8 Å². The Labute approximate surface area is 217 Å². The predicted octanol–water partition coefficient (Wildman–Crippen LogP) is 2.97. The number of likely N-dealkylation sites (tertiary alicyclic amines) is 1. The summed E-state index contributed by atoms with van der Waals surface area (Å²) in [7, 11) is -4.40. The topological polar surface area (TPSA) is 121 Å². The summed E-state index contributed by atoms with van der Waals surface area (Å²) in [4.78, 5) is 26.0. The SMILES string of the molecule is CC(O)(c1ccc2c(c1)CC[C@@H](CC(=O)N1CCC[C@@H]1C(N)=O)N2S(=O)(=O)c1ccc(F)cc1)C(F)(F)F. The minimum absolute atomic E-state index is 0.0490. The average Bonchev–Trinajstić information content (AvgIpc) is 3.33. The van der Waals surface area contributed by atoms with Gasteiger partial charge in [0.25, 0.3) is 10.0 Å². The molecule has 3 N–H and O–H groups in total. The van der Waals surface area contributed by atoms with Gasteiger partial charge in [-0.1, -0.05) is 12.1 Å². The molecule has 2 aromatic carbocycles. The number of anilines is 1. The van der Waals surface area contributed by atoms with Crippen molar-refractivity contribution in [3.05, 3.63) is 59.4 Å². The van der Waals surface area contributed by atoms with Gasteiger partial charge in [0, 0.05) is 13.0 Å². The lowest BCUT2D eigenvalue weighted by atomic mass is 9.89. The van der Waals surface area contributed by atoms with Gasteiger partial charge < -0.3 is 15.7 Å². The van der Waals surface area contributed by atoms with Crippen molar-refractivity contribution in [2.75, 3.05) is 10.8 Å². The smallest absolute Gasteiger partial charge is 0.376 e. The van der Waals surface area contributed by atoms with Crippen LogP contribution in [0.25, 0.3) is 0 Å². The summed E-state index contributed by atoms with van der Waals surface area (Å²) in [5, 5.41) is 10.1. The fraction of sp³-hybridized carbons (Fsp3) is 0.440. The molecule has 2 aliphatic heterocycles. The second-order valence-electron chi connectivity index (χ2n) is 9.71. The largest absolute Gasteiger partial charge is 0.421 e. The lowest BCUT2D eigenvalue weighted by Gasteiger charge is -2.39. The first-order chi connectivity index (χ1) is 17.6. The minimum atomic E-state index is -4.97. The van der Waals surface area contributed by atoms with Crippen molar-refractivity contribution in [1.82, 2.24) is 4.90 Å². The number of benzene rings is 2. The first kappa shape index (κ1) is 27.8. The van der Waals surface area contributed by atoms with Crippen LogP contribution in [0.3, 0.4) is 0 Å². The third-order valence-corrected chi connectivity index (χ3v) is 9.07. The summed E-state index contributed by atoms with van der Waals surface area (Å²) in [5.41, 5.74) is 2.07. The van der Waals surface area contributed by atoms with Gasteiger partial charge in [0.1, 0.15) is 11.9 Å². The number of aliphatic hydroxyl groups is 1. The standard InChI is InChI=1S/C25H27F4N3O5S/c1-24(35,25(27,28)29)16-5-11-20-15(13-16)4-8-18(14-22(33)31-12-2-3-21(31)23(30)34)32(20)38(36,37)19-9-6-17(26)7-10-19/h5-7,9-11,13,18,21,35H,2-4,8,12,14H2,1H3,(H2,30,34)/t18-,21+,24?/m0/s1. The van der Waals surface area contributed by atoms with Crippen molar-refractivity contribution in [2.45, 2.75) is 67.8 Å². The number of hydrogen-bond acceptors (Lipinski definition) is 5. The second-order valence-corrected chi connectivity index (χ2v) is 11.5. The van der Waals surface area contributed by atoms with Gasteiger partial charge in [-0.3, -0.25) is 13.9 Å². The highest BCUT2D eigenvalue weighted by Crippen LogP contribution is 2.43. The molecular formula is C25H27F4N3O5S. The summed E-state index contributed by atoms with van der Waals surface area (Å²) >= 11 is 0. The minimum Gasteiger partial charge on any atom is -0.376 e. The maximum atomic E-state index is 13.8. The van der Waals surface area contributed by atoms with Crippen LogP contribution < -0.4 is 10.0 Å². The van der Waals surface area contributed by atoms with Crippen LogP contribution >= 0.6 is 0 Å². The van der Waals surface area contributed by atoms with E-state index in [-0.39, 0.29) is 42.0 Å². The van der Waals surface area contributed by atoms with Gasteiger partial charge in [0.05, 0.1) is 16.6 Å². The van der Waals surface area contributed by atoms with Crippen LogP contribution in [-0.4, -0.2) is 55.0 Å². The van der Waals surface area contributed by atoms with Crippen LogP contribution in [0, 0.1) is 5.82 Å². The fourth-order valence-corrected chi connectivity index (χ4v) is 6.73. The number of carbonyl (C=O) groups is 2. The lowest BCUT2D eigenvalue weighted by molar-refractivity contribution is -0.258. The van der Waals surface area contributed by atoms with E-state index < -0.39 is 57.1 Å². The van der Waals surface area contributed by atoms with E-state index in [1.165, 1.54) is 11.0 Å². The number of nitrogens with two attached hydrogens (primary N) is 1. The van der Waals surface area contributed by atoms with Gasteiger partial charge in [-0.25, -0.2) is 12.8 Å². The molecule has 3 atom stereocenters. The Kier molecular flexibility index (Phi) is 7.21. The summed E-state index contributed by atoms with van der Waals surface area (Å²) < 4.78 is 82.4. The van der Waals surface area contributed by atoms with Crippen molar-refractivity contribution < 1.29 is 40.7 Å². The van der Waals surface area contributed by atoms with E-state index in [0.717, 1.165) is 40.7 Å². The highest BCUT2D eigenvalue weighted by Gasteiger charge is 2.51. The van der Waals surface area contributed by atoms with Crippen molar-refractivity contribution in [3.8, 4) is 0 Å². The average molecular weight is 558 g/mol. The number of rotatable bonds is 6. The lowest BCUT2D eigenvalue weighted by Crippen LogP contribution is -2.49. The molecule has 1 fully saturated rings. The number of carbonyl (C=O) groups excluding carboxylic acids is 2. The second kappa shape index (κ2) is 9.84. The van der Waals surface area contributed by atoms with Crippen LogP contribution in [0.1, 0.15) is 43.7 Å². The normalized spacial score (nSPS) is 21.6. The highest BCUT2D eigenvalue weighted by molar-refractivity contribution is 7.92. The van der Waals surface area contributed by atoms with Crippen LogP contribution in [0.5, 0.6) is 0 Å². The quantitative estimate of drug-likeness (QED) is 0.529. The number of aryl methyl sites for hydroxylation is 1. The van der Waals surface area contributed by atoms with E-state index in [1.807, 2.05) is 0 Å². The van der Waals surface area contributed by atoms with Crippen LogP contribution in [0.15, 0.2) is 47.4 Å². The molecule has 0 bridgehead atoms. The van der Waals surface area contributed by atoms with Crippen molar-refractivity contribution in [1.29, 1.82) is 0 Å². The van der Waals surface area contributed by atoms with Gasteiger partial charge >= 0.3 is 6.18 Å². The Morgan fingerprint density at radius 1 is 1.11 bits per heavy atom. The van der Waals surface area contributed by atoms with Crippen LogP contribution in [-0.2, 0) is 31.6 Å². The first-order valence-corrected chi connectivity index (χ1v) is 13.4. The van der Waals surface area contributed by atoms with E-state index in [4.69, 9.17) is 5.73 Å². The van der Waals surface area contributed by atoms with E-state index in [1.54, 1.807) is 0 Å². The van der Waals surface area contributed by atoms with Crippen LogP contribution in [0.4, 0.5) is 23.2 Å². The maximum absolute atomic E-state index is 13.8. The number of primary amides is 1. The number of fused-ring (bicyclic) bond motifs is 1. The van der Waals surface area contributed by atoms with Gasteiger partial charge in [-0.15, -0.1) is 0 Å². The molecule has 2 heterocycles.